The van der Waals surface area contributed by atoms with Crippen LogP contribution in [0.3, 0.4) is 0 Å². The Morgan fingerprint density at radius 3 is 2.70 bits per heavy atom. The summed E-state index contributed by atoms with van der Waals surface area (Å²) in [6.07, 6.45) is 2.20. The van der Waals surface area contributed by atoms with Crippen molar-refractivity contribution in [2.24, 2.45) is 0 Å². The van der Waals surface area contributed by atoms with Gasteiger partial charge in [-0.3, -0.25) is 9.69 Å². The number of aromatic nitrogens is 2. The van der Waals surface area contributed by atoms with Crippen LogP contribution in [0.5, 0.6) is 0 Å². The van der Waals surface area contributed by atoms with Gasteiger partial charge in [0.1, 0.15) is 5.69 Å². The van der Waals surface area contributed by atoms with Gasteiger partial charge in [0.15, 0.2) is 5.82 Å². The predicted molar refractivity (Wildman–Crippen MR) is 112 cm³/mol. The van der Waals surface area contributed by atoms with Gasteiger partial charge >= 0.3 is 6.09 Å². The fraction of sp³-hybridized carbons (Fsp3) is 0.429. The minimum absolute atomic E-state index is 0.0710. The van der Waals surface area contributed by atoms with E-state index in [1.165, 1.54) is 12.0 Å². The molecule has 2 heterocycles. The largest absolute Gasteiger partial charge is 0.452 e. The SMILES string of the molecule is CCN(C(=O)OC)c1cccc(-c2nc(NC3CCN(C(C)=O)CC3)ncc2F)c1. The van der Waals surface area contributed by atoms with Crippen molar-refractivity contribution < 1.29 is 18.7 Å². The Balaban J connectivity index is 1.80. The fourth-order valence-corrected chi connectivity index (χ4v) is 3.51. The molecule has 1 aromatic heterocycles. The van der Waals surface area contributed by atoms with E-state index in [0.717, 1.165) is 19.0 Å². The normalized spacial score (nSPS) is 14.3. The van der Waals surface area contributed by atoms with Gasteiger partial charge in [-0.25, -0.2) is 19.2 Å². The van der Waals surface area contributed by atoms with Gasteiger partial charge in [-0.2, -0.15) is 0 Å². The summed E-state index contributed by atoms with van der Waals surface area (Å²) in [5.41, 5.74) is 1.27. The molecule has 0 bridgehead atoms. The number of nitrogens with zero attached hydrogens (tertiary/aromatic N) is 4. The molecular weight excluding hydrogens is 389 g/mol. The van der Waals surface area contributed by atoms with Crippen molar-refractivity contribution >= 4 is 23.6 Å². The first kappa shape index (κ1) is 21.5. The summed E-state index contributed by atoms with van der Waals surface area (Å²) in [7, 11) is 1.32. The molecule has 1 aliphatic rings. The predicted octanol–water partition coefficient (Wildman–Crippen LogP) is 3.30. The van der Waals surface area contributed by atoms with Gasteiger partial charge in [-0.1, -0.05) is 12.1 Å². The number of halogens is 1. The molecular formula is C21H26FN5O3. The molecule has 2 aromatic rings. The van der Waals surface area contributed by atoms with Gasteiger partial charge < -0.3 is 15.0 Å². The number of amides is 2. The number of ether oxygens (including phenoxy) is 1. The standard InChI is InChI=1S/C21H26FN5O3/c1-4-27(21(29)30-3)17-7-5-6-15(12-17)19-18(22)13-23-20(25-19)24-16-8-10-26(11-9-16)14(2)28/h5-7,12-13,16H,4,8-11H2,1-3H3,(H,23,24,25). The minimum atomic E-state index is -0.551. The van der Waals surface area contributed by atoms with E-state index in [0.29, 0.717) is 36.8 Å². The van der Waals surface area contributed by atoms with Crippen LogP contribution in [0.2, 0.25) is 0 Å². The van der Waals surface area contributed by atoms with Crippen LogP contribution in [-0.2, 0) is 9.53 Å². The highest BCUT2D eigenvalue weighted by Gasteiger charge is 2.22. The Kier molecular flexibility index (Phi) is 6.81. The zero-order valence-electron chi connectivity index (χ0n) is 17.4. The number of hydrogen-bond acceptors (Lipinski definition) is 6. The number of hydrogen-bond donors (Lipinski definition) is 1. The smallest absolute Gasteiger partial charge is 0.413 e. The highest BCUT2D eigenvalue weighted by molar-refractivity contribution is 5.88. The number of anilines is 2. The first-order chi connectivity index (χ1) is 14.4. The van der Waals surface area contributed by atoms with E-state index < -0.39 is 11.9 Å². The topological polar surface area (TPSA) is 87.7 Å². The van der Waals surface area contributed by atoms with Crippen LogP contribution in [0.1, 0.15) is 26.7 Å². The van der Waals surface area contributed by atoms with E-state index in [1.54, 1.807) is 36.1 Å². The number of carbonyl (C=O) groups excluding carboxylic acids is 2. The van der Waals surface area contributed by atoms with Crippen LogP contribution in [0, 0.1) is 5.82 Å². The molecule has 3 rings (SSSR count). The molecule has 9 heteroatoms. The van der Waals surface area contributed by atoms with E-state index in [1.807, 2.05) is 6.92 Å². The first-order valence-corrected chi connectivity index (χ1v) is 9.93. The molecule has 2 amide bonds. The molecule has 160 valence electrons. The summed E-state index contributed by atoms with van der Waals surface area (Å²) < 4.78 is 19.3. The van der Waals surface area contributed by atoms with Crippen molar-refractivity contribution in [3.8, 4) is 11.3 Å². The van der Waals surface area contributed by atoms with Crippen molar-refractivity contribution in [1.29, 1.82) is 0 Å². The van der Waals surface area contributed by atoms with E-state index in [4.69, 9.17) is 4.74 Å². The third-order valence-corrected chi connectivity index (χ3v) is 5.16. The summed E-state index contributed by atoms with van der Waals surface area (Å²) in [5, 5.41) is 3.24. The molecule has 0 spiro atoms. The average molecular weight is 415 g/mol. The Hall–Kier alpha value is -3.23. The molecule has 1 N–H and O–H groups in total. The van der Waals surface area contributed by atoms with Gasteiger partial charge in [0, 0.05) is 43.9 Å². The molecule has 30 heavy (non-hydrogen) atoms. The zero-order valence-corrected chi connectivity index (χ0v) is 17.4. The third kappa shape index (κ3) is 4.84. The molecule has 0 saturated carbocycles. The summed E-state index contributed by atoms with van der Waals surface area (Å²) in [6, 6.07) is 7.03. The molecule has 0 unspecified atom stereocenters. The molecule has 1 aliphatic heterocycles. The lowest BCUT2D eigenvalue weighted by Gasteiger charge is -2.31. The van der Waals surface area contributed by atoms with Crippen molar-refractivity contribution in [3.05, 3.63) is 36.3 Å². The zero-order chi connectivity index (χ0) is 21.7. The summed E-state index contributed by atoms with van der Waals surface area (Å²) >= 11 is 0. The van der Waals surface area contributed by atoms with Gasteiger partial charge in [0.25, 0.3) is 0 Å². The highest BCUT2D eigenvalue weighted by atomic mass is 19.1. The summed E-state index contributed by atoms with van der Waals surface area (Å²) in [6.45, 7) is 5.15. The number of benzene rings is 1. The molecule has 0 radical (unpaired) electrons. The molecule has 1 aromatic carbocycles. The van der Waals surface area contributed by atoms with Crippen LogP contribution in [0.25, 0.3) is 11.3 Å². The third-order valence-electron chi connectivity index (χ3n) is 5.16. The molecule has 0 aliphatic carbocycles. The fourth-order valence-electron chi connectivity index (χ4n) is 3.51. The Labute approximate surface area is 175 Å². The second kappa shape index (κ2) is 9.51. The Bertz CT molecular complexity index is 915. The van der Waals surface area contributed by atoms with Crippen molar-refractivity contribution in [1.82, 2.24) is 14.9 Å². The van der Waals surface area contributed by atoms with Crippen LogP contribution in [0.4, 0.5) is 20.8 Å². The van der Waals surface area contributed by atoms with Gasteiger partial charge in [0.2, 0.25) is 11.9 Å². The first-order valence-electron chi connectivity index (χ1n) is 9.93. The second-order valence-electron chi connectivity index (χ2n) is 7.08. The van der Waals surface area contributed by atoms with Gasteiger partial charge in [-0.15, -0.1) is 0 Å². The molecule has 1 saturated heterocycles. The van der Waals surface area contributed by atoms with E-state index in [2.05, 4.69) is 15.3 Å². The maximum absolute atomic E-state index is 14.5. The quantitative estimate of drug-likeness (QED) is 0.806. The second-order valence-corrected chi connectivity index (χ2v) is 7.08. The minimum Gasteiger partial charge on any atom is -0.452 e. The number of nitrogens with one attached hydrogen (secondary N) is 1. The monoisotopic (exact) mass is 415 g/mol. The summed E-state index contributed by atoms with van der Waals surface area (Å²) in [5.74, 6) is -0.148. The van der Waals surface area contributed by atoms with Crippen molar-refractivity contribution in [2.75, 3.05) is 37.0 Å². The Morgan fingerprint density at radius 1 is 1.33 bits per heavy atom. The van der Waals surface area contributed by atoms with Crippen LogP contribution < -0.4 is 10.2 Å². The number of carbonyl (C=O) groups is 2. The van der Waals surface area contributed by atoms with E-state index in [-0.39, 0.29) is 17.6 Å². The van der Waals surface area contributed by atoms with Crippen LogP contribution in [0.15, 0.2) is 30.5 Å². The van der Waals surface area contributed by atoms with Gasteiger partial charge in [-0.05, 0) is 31.9 Å². The maximum atomic E-state index is 14.5. The van der Waals surface area contributed by atoms with E-state index >= 15 is 0 Å². The lowest BCUT2D eigenvalue weighted by molar-refractivity contribution is -0.129. The van der Waals surface area contributed by atoms with Crippen molar-refractivity contribution in [3.63, 3.8) is 0 Å². The van der Waals surface area contributed by atoms with Gasteiger partial charge in [0.05, 0.1) is 13.3 Å². The van der Waals surface area contributed by atoms with Crippen LogP contribution >= 0.6 is 0 Å². The molecule has 8 nitrogen and oxygen atoms in total. The maximum Gasteiger partial charge on any atom is 0.413 e. The number of piperidine rings is 1. The Morgan fingerprint density at radius 2 is 2.07 bits per heavy atom. The lowest BCUT2D eigenvalue weighted by Crippen LogP contribution is -2.41. The molecule has 1 fully saturated rings. The average Bonchev–Trinajstić information content (AvgIpc) is 2.76. The lowest BCUT2D eigenvalue weighted by atomic mass is 10.1. The molecule has 0 atom stereocenters. The van der Waals surface area contributed by atoms with E-state index in [9.17, 15) is 14.0 Å². The number of methoxy groups -OCH3 is 1. The van der Waals surface area contributed by atoms with Crippen molar-refractivity contribution in [2.45, 2.75) is 32.7 Å². The number of likely N-dealkylation sites (tertiary alicyclic amines) is 1. The number of rotatable bonds is 5. The van der Waals surface area contributed by atoms with Crippen LogP contribution in [-0.4, -0.2) is 59.7 Å². The summed E-state index contributed by atoms with van der Waals surface area (Å²) in [4.78, 5) is 35.1. The highest BCUT2D eigenvalue weighted by Crippen LogP contribution is 2.27.